The van der Waals surface area contributed by atoms with Crippen LogP contribution in [0.25, 0.3) is 0 Å². The molecule has 0 bridgehead atoms. The fraction of sp³-hybridized carbons (Fsp3) is 0.235. The van der Waals surface area contributed by atoms with Crippen molar-refractivity contribution in [2.45, 2.75) is 26.7 Å². The predicted octanol–water partition coefficient (Wildman–Crippen LogP) is 4.39. The Kier molecular flexibility index (Phi) is 4.08. The van der Waals surface area contributed by atoms with Gasteiger partial charge in [-0.05, 0) is 48.7 Å². The van der Waals surface area contributed by atoms with E-state index in [1.54, 1.807) is 18.2 Å². The normalized spacial score (nSPS) is 10.6. The minimum atomic E-state index is -0.00921. The van der Waals surface area contributed by atoms with Gasteiger partial charge in [0.15, 0.2) is 5.78 Å². The minimum Gasteiger partial charge on any atom is -0.455 e. The van der Waals surface area contributed by atoms with Gasteiger partial charge in [0.2, 0.25) is 0 Å². The summed E-state index contributed by atoms with van der Waals surface area (Å²) in [6.07, 6.45) is 0. The lowest BCUT2D eigenvalue weighted by atomic mass is 10.0. The van der Waals surface area contributed by atoms with Gasteiger partial charge in [-0.3, -0.25) is 4.79 Å². The molecule has 0 unspecified atom stereocenters. The lowest BCUT2D eigenvalue weighted by Gasteiger charge is -2.11. The summed E-state index contributed by atoms with van der Waals surface area (Å²) < 4.78 is 5.80. The van der Waals surface area contributed by atoms with E-state index in [2.05, 4.69) is 19.9 Å². The summed E-state index contributed by atoms with van der Waals surface area (Å²) in [6, 6.07) is 13.0. The molecular formula is C17H19NO2. The first-order valence-electron chi connectivity index (χ1n) is 6.65. The van der Waals surface area contributed by atoms with E-state index < -0.39 is 0 Å². The highest BCUT2D eigenvalue weighted by Crippen LogP contribution is 2.30. The summed E-state index contributed by atoms with van der Waals surface area (Å²) in [7, 11) is 0. The Morgan fingerprint density at radius 1 is 1.15 bits per heavy atom. The van der Waals surface area contributed by atoms with Crippen LogP contribution in [0.15, 0.2) is 42.5 Å². The highest BCUT2D eigenvalue weighted by Gasteiger charge is 2.07. The molecule has 0 atom stereocenters. The number of rotatable bonds is 4. The summed E-state index contributed by atoms with van der Waals surface area (Å²) >= 11 is 0. The number of hydrogen-bond acceptors (Lipinski definition) is 3. The molecule has 0 saturated heterocycles. The van der Waals surface area contributed by atoms with Gasteiger partial charge in [0.05, 0.1) is 5.69 Å². The molecule has 0 aromatic heterocycles. The SMILES string of the molecule is CC(=O)c1ccc(Oc2cccc(C(C)C)c2)c(N)c1. The van der Waals surface area contributed by atoms with Gasteiger partial charge in [0.1, 0.15) is 11.5 Å². The zero-order valence-electron chi connectivity index (χ0n) is 12.0. The zero-order valence-corrected chi connectivity index (χ0v) is 12.0. The monoisotopic (exact) mass is 269 g/mol. The maximum Gasteiger partial charge on any atom is 0.159 e. The number of hydrogen-bond donors (Lipinski definition) is 1. The molecule has 104 valence electrons. The molecule has 0 amide bonds. The van der Waals surface area contributed by atoms with Crippen LogP contribution in [0.2, 0.25) is 0 Å². The Morgan fingerprint density at radius 3 is 2.50 bits per heavy atom. The van der Waals surface area contributed by atoms with Crippen molar-refractivity contribution >= 4 is 11.5 Å². The van der Waals surface area contributed by atoms with Crippen LogP contribution < -0.4 is 10.5 Å². The second-order valence-electron chi connectivity index (χ2n) is 5.14. The number of carbonyl (C=O) groups is 1. The molecule has 0 aliphatic heterocycles. The average molecular weight is 269 g/mol. The minimum absolute atomic E-state index is 0.00921. The molecule has 0 saturated carbocycles. The number of anilines is 1. The largest absolute Gasteiger partial charge is 0.455 e. The van der Waals surface area contributed by atoms with Crippen molar-refractivity contribution in [3.05, 3.63) is 53.6 Å². The standard InChI is InChI=1S/C17H19NO2/c1-11(2)13-5-4-6-15(9-13)20-17-8-7-14(12(3)19)10-16(17)18/h4-11H,18H2,1-3H3. The first kappa shape index (κ1) is 14.1. The fourth-order valence-corrected chi connectivity index (χ4v) is 1.92. The van der Waals surface area contributed by atoms with Gasteiger partial charge in [-0.15, -0.1) is 0 Å². The number of carbonyl (C=O) groups excluding carboxylic acids is 1. The van der Waals surface area contributed by atoms with Crippen LogP contribution in [0.4, 0.5) is 5.69 Å². The molecule has 20 heavy (non-hydrogen) atoms. The van der Waals surface area contributed by atoms with Crippen molar-refractivity contribution in [2.24, 2.45) is 0 Å². The predicted molar refractivity (Wildman–Crippen MR) is 81.5 cm³/mol. The number of nitrogens with two attached hydrogens (primary N) is 1. The third kappa shape index (κ3) is 3.18. The third-order valence-corrected chi connectivity index (χ3v) is 3.17. The molecule has 0 fully saturated rings. The summed E-state index contributed by atoms with van der Waals surface area (Å²) in [5, 5.41) is 0. The van der Waals surface area contributed by atoms with Gasteiger partial charge < -0.3 is 10.5 Å². The van der Waals surface area contributed by atoms with Crippen molar-refractivity contribution in [1.82, 2.24) is 0 Å². The summed E-state index contributed by atoms with van der Waals surface area (Å²) in [6.45, 7) is 5.78. The first-order chi connectivity index (χ1) is 9.47. The molecule has 0 spiro atoms. The van der Waals surface area contributed by atoms with Crippen molar-refractivity contribution in [3.63, 3.8) is 0 Å². The highest BCUT2D eigenvalue weighted by molar-refractivity contribution is 5.95. The van der Waals surface area contributed by atoms with Crippen molar-refractivity contribution in [3.8, 4) is 11.5 Å². The molecule has 2 rings (SSSR count). The van der Waals surface area contributed by atoms with Crippen LogP contribution >= 0.6 is 0 Å². The van der Waals surface area contributed by atoms with Crippen molar-refractivity contribution < 1.29 is 9.53 Å². The summed E-state index contributed by atoms with van der Waals surface area (Å²) in [5.74, 6) is 1.75. The van der Waals surface area contributed by atoms with Crippen molar-refractivity contribution in [2.75, 3.05) is 5.73 Å². The molecule has 2 N–H and O–H groups in total. The Hall–Kier alpha value is -2.29. The number of ketones is 1. The van der Waals surface area contributed by atoms with Gasteiger partial charge in [0, 0.05) is 5.56 Å². The molecule has 2 aromatic rings. The Balaban J connectivity index is 2.26. The molecule has 0 aliphatic carbocycles. The molecule has 0 heterocycles. The smallest absolute Gasteiger partial charge is 0.159 e. The highest BCUT2D eigenvalue weighted by atomic mass is 16.5. The van der Waals surface area contributed by atoms with Crippen LogP contribution in [0.5, 0.6) is 11.5 Å². The van der Waals surface area contributed by atoms with Gasteiger partial charge in [-0.1, -0.05) is 26.0 Å². The number of benzene rings is 2. The summed E-state index contributed by atoms with van der Waals surface area (Å²) in [4.78, 5) is 11.3. The third-order valence-electron chi connectivity index (χ3n) is 3.17. The quantitative estimate of drug-likeness (QED) is 0.661. The van der Waals surface area contributed by atoms with E-state index in [9.17, 15) is 4.79 Å². The van der Waals surface area contributed by atoms with Gasteiger partial charge >= 0.3 is 0 Å². The van der Waals surface area contributed by atoms with Crippen molar-refractivity contribution in [1.29, 1.82) is 0 Å². The molecule has 2 aromatic carbocycles. The Labute approximate surface area is 119 Å². The molecular weight excluding hydrogens is 250 g/mol. The van der Waals surface area contributed by atoms with E-state index in [4.69, 9.17) is 10.5 Å². The van der Waals surface area contributed by atoms with Gasteiger partial charge in [-0.25, -0.2) is 0 Å². The summed E-state index contributed by atoms with van der Waals surface area (Å²) in [5.41, 5.74) is 8.19. The van der Waals surface area contributed by atoms with Crippen LogP contribution in [0.1, 0.15) is 42.6 Å². The Morgan fingerprint density at radius 2 is 1.90 bits per heavy atom. The van der Waals surface area contributed by atoms with Crippen LogP contribution in [-0.2, 0) is 0 Å². The number of Topliss-reactive ketones (excluding diaryl/α,β-unsaturated/α-hetero) is 1. The Bertz CT molecular complexity index is 633. The maximum atomic E-state index is 11.3. The number of nitrogen functional groups attached to an aromatic ring is 1. The van der Waals surface area contributed by atoms with E-state index in [-0.39, 0.29) is 5.78 Å². The van der Waals surface area contributed by atoms with E-state index >= 15 is 0 Å². The van der Waals surface area contributed by atoms with E-state index in [0.29, 0.717) is 22.9 Å². The topological polar surface area (TPSA) is 52.3 Å². The van der Waals surface area contributed by atoms with E-state index in [0.717, 1.165) is 5.75 Å². The van der Waals surface area contributed by atoms with E-state index in [1.807, 2.05) is 18.2 Å². The molecule has 3 heteroatoms. The molecule has 0 aliphatic rings. The lowest BCUT2D eigenvalue weighted by molar-refractivity contribution is 0.101. The lowest BCUT2D eigenvalue weighted by Crippen LogP contribution is -1.97. The van der Waals surface area contributed by atoms with E-state index in [1.165, 1.54) is 12.5 Å². The average Bonchev–Trinajstić information content (AvgIpc) is 2.41. The maximum absolute atomic E-state index is 11.3. The second-order valence-corrected chi connectivity index (χ2v) is 5.14. The van der Waals surface area contributed by atoms with Crippen LogP contribution in [-0.4, -0.2) is 5.78 Å². The van der Waals surface area contributed by atoms with Crippen LogP contribution in [0, 0.1) is 0 Å². The van der Waals surface area contributed by atoms with Gasteiger partial charge in [0.25, 0.3) is 0 Å². The molecule has 0 radical (unpaired) electrons. The molecule has 3 nitrogen and oxygen atoms in total. The number of ether oxygens (including phenoxy) is 1. The fourth-order valence-electron chi connectivity index (χ4n) is 1.92. The van der Waals surface area contributed by atoms with Gasteiger partial charge in [-0.2, -0.15) is 0 Å². The first-order valence-corrected chi connectivity index (χ1v) is 6.65. The zero-order chi connectivity index (χ0) is 14.7. The second kappa shape index (κ2) is 5.78. The van der Waals surface area contributed by atoms with Crippen LogP contribution in [0.3, 0.4) is 0 Å².